The van der Waals surface area contributed by atoms with E-state index in [1.807, 2.05) is 0 Å². The van der Waals surface area contributed by atoms with Gasteiger partial charge < -0.3 is 39.6 Å². The topological polar surface area (TPSA) is 167 Å². The number of rotatable bonds is 11. The standard InChI is InChI=1S/C10H16N2O8.7Na/c13-7(14)3-11(4-8(15)16)1-2-12(5-9(17)18)6-10(19)20;;;;;;;/h1-6H2,(H,13,14)(H,15,16)(H,17,18)(H,19,20);;;;;;;/q;7*+1/p-4. The first-order chi connectivity index (χ1) is 9.20. The maximum Gasteiger partial charge on any atom is 1.00 e. The summed E-state index contributed by atoms with van der Waals surface area (Å²) < 4.78 is 0. The summed E-state index contributed by atoms with van der Waals surface area (Å²) in [5.41, 5.74) is 0. The van der Waals surface area contributed by atoms with Gasteiger partial charge in [0, 0.05) is 39.3 Å². The van der Waals surface area contributed by atoms with Gasteiger partial charge in [0.25, 0.3) is 0 Å². The normalized spacial score (nSPS) is 7.93. The van der Waals surface area contributed by atoms with Crippen molar-refractivity contribution in [1.82, 2.24) is 9.80 Å². The smallest absolute Gasteiger partial charge is 0.549 e. The van der Waals surface area contributed by atoms with Gasteiger partial charge in [-0.05, 0) is 0 Å². The minimum Gasteiger partial charge on any atom is -0.549 e. The summed E-state index contributed by atoms with van der Waals surface area (Å²) in [6.07, 6.45) is 0. The summed E-state index contributed by atoms with van der Waals surface area (Å²) >= 11 is 0. The number of carbonyl (C=O) groups is 4. The molecular formula is C10H12N2Na7O8+3. The molecule has 0 N–H and O–H groups in total. The number of carboxylic acids is 4. The third-order valence-electron chi connectivity index (χ3n) is 2.14. The van der Waals surface area contributed by atoms with Crippen LogP contribution in [0, 0.1) is 0 Å². The van der Waals surface area contributed by atoms with Crippen molar-refractivity contribution in [2.75, 3.05) is 39.3 Å². The number of hydrogen-bond acceptors (Lipinski definition) is 10. The van der Waals surface area contributed by atoms with Gasteiger partial charge in [0.1, 0.15) is 0 Å². The van der Waals surface area contributed by atoms with E-state index in [4.69, 9.17) is 0 Å². The summed E-state index contributed by atoms with van der Waals surface area (Å²) in [6.45, 7) is -3.25. The Morgan fingerprint density at radius 2 is 0.593 bits per heavy atom. The Kier molecular flexibility index (Phi) is 65.0. The second-order valence-corrected chi connectivity index (χ2v) is 3.91. The third kappa shape index (κ3) is 38.4. The van der Waals surface area contributed by atoms with Crippen LogP contribution in [0.25, 0.3) is 0 Å². The average molecular weight is 449 g/mol. The predicted molar refractivity (Wildman–Crippen MR) is 52.9 cm³/mol. The van der Waals surface area contributed by atoms with E-state index in [1.54, 1.807) is 0 Å². The molecule has 27 heavy (non-hydrogen) atoms. The fourth-order valence-electron chi connectivity index (χ4n) is 1.44. The summed E-state index contributed by atoms with van der Waals surface area (Å²) in [5.74, 6) is -6.12. The SMILES string of the molecule is O=C([O-])CN(CCN(CC(=O)[O-])CC(=O)[O-])CC(=O)[O-].[Na+].[Na+].[Na+].[Na+].[Na+].[Na+].[Na+]. The van der Waals surface area contributed by atoms with Gasteiger partial charge in [0.15, 0.2) is 0 Å². The van der Waals surface area contributed by atoms with Gasteiger partial charge in [-0.1, -0.05) is 0 Å². The monoisotopic (exact) mass is 449 g/mol. The van der Waals surface area contributed by atoms with E-state index in [9.17, 15) is 39.6 Å². The van der Waals surface area contributed by atoms with Crippen LogP contribution < -0.4 is 227 Å². The molecule has 0 fully saturated rings. The molecule has 0 spiro atoms. The molecule has 0 aliphatic heterocycles. The molecule has 0 heterocycles. The van der Waals surface area contributed by atoms with E-state index in [2.05, 4.69) is 0 Å². The molecule has 0 unspecified atom stereocenters. The number of hydrogen-bond donors (Lipinski definition) is 0. The molecule has 114 valence electrons. The number of carbonyl (C=O) groups excluding carboxylic acids is 4. The molecule has 0 bridgehead atoms. The van der Waals surface area contributed by atoms with Crippen molar-refractivity contribution in [1.29, 1.82) is 0 Å². The van der Waals surface area contributed by atoms with Gasteiger partial charge in [0.05, 0.1) is 23.9 Å². The zero-order valence-electron chi connectivity index (χ0n) is 17.4. The Morgan fingerprint density at radius 3 is 0.704 bits per heavy atom. The van der Waals surface area contributed by atoms with Gasteiger partial charge in [0.2, 0.25) is 0 Å². The van der Waals surface area contributed by atoms with Crippen molar-refractivity contribution >= 4 is 23.9 Å². The molecule has 0 aromatic carbocycles. The van der Waals surface area contributed by atoms with E-state index in [-0.39, 0.29) is 220 Å². The van der Waals surface area contributed by atoms with Crippen LogP contribution in [-0.2, 0) is 19.2 Å². The van der Waals surface area contributed by atoms with Gasteiger partial charge in [-0.15, -0.1) is 0 Å². The van der Waals surface area contributed by atoms with Gasteiger partial charge in [-0.2, -0.15) is 0 Å². The van der Waals surface area contributed by atoms with Crippen LogP contribution in [0.15, 0.2) is 0 Å². The summed E-state index contributed by atoms with van der Waals surface area (Å²) in [7, 11) is 0. The molecule has 0 atom stereocenters. The van der Waals surface area contributed by atoms with E-state index in [0.717, 1.165) is 9.80 Å². The molecule has 0 aromatic heterocycles. The summed E-state index contributed by atoms with van der Waals surface area (Å²) in [4.78, 5) is 43.4. The minimum atomic E-state index is -1.53. The number of aliphatic carboxylic acids is 4. The molecule has 0 aliphatic rings. The quantitative estimate of drug-likeness (QED) is 0.276. The van der Waals surface area contributed by atoms with Crippen molar-refractivity contribution in [2.45, 2.75) is 0 Å². The Morgan fingerprint density at radius 1 is 0.444 bits per heavy atom. The molecule has 0 aromatic rings. The van der Waals surface area contributed by atoms with Gasteiger partial charge >= 0.3 is 207 Å². The Balaban J connectivity index is -0.0000000860. The third-order valence-corrected chi connectivity index (χ3v) is 2.14. The Bertz CT molecular complexity index is 338. The van der Waals surface area contributed by atoms with E-state index in [1.165, 1.54) is 0 Å². The molecule has 10 nitrogen and oxygen atoms in total. The molecule has 0 amide bonds. The zero-order valence-corrected chi connectivity index (χ0v) is 31.4. The Labute approximate surface area is 312 Å². The van der Waals surface area contributed by atoms with Gasteiger partial charge in [-0.25, -0.2) is 0 Å². The first kappa shape index (κ1) is 53.3. The maximum absolute atomic E-state index is 10.4. The predicted octanol–water partition coefficient (Wildman–Crippen LogP) is -28.4. The summed E-state index contributed by atoms with van der Waals surface area (Å²) in [5, 5.41) is 41.6. The van der Waals surface area contributed by atoms with Crippen molar-refractivity contribution in [3.8, 4) is 0 Å². The van der Waals surface area contributed by atoms with Crippen LogP contribution in [0.4, 0.5) is 0 Å². The van der Waals surface area contributed by atoms with Gasteiger partial charge in [-0.3, -0.25) is 9.80 Å². The molecule has 0 saturated carbocycles. The second kappa shape index (κ2) is 33.0. The first-order valence-electron chi connectivity index (χ1n) is 5.44. The summed E-state index contributed by atoms with van der Waals surface area (Å²) in [6, 6.07) is 0. The minimum absolute atomic E-state index is 0. The van der Waals surface area contributed by atoms with E-state index >= 15 is 0 Å². The molecular weight excluding hydrogens is 437 g/mol. The van der Waals surface area contributed by atoms with Crippen LogP contribution in [0.5, 0.6) is 0 Å². The maximum atomic E-state index is 10.4. The zero-order chi connectivity index (χ0) is 15.7. The molecule has 17 heteroatoms. The van der Waals surface area contributed by atoms with Crippen LogP contribution in [-0.4, -0.2) is 72.9 Å². The molecule has 0 rings (SSSR count). The average Bonchev–Trinajstić information content (AvgIpc) is 2.22. The molecule has 0 aliphatic carbocycles. The first-order valence-corrected chi connectivity index (χ1v) is 5.44. The van der Waals surface area contributed by atoms with Crippen LogP contribution in [0.1, 0.15) is 0 Å². The second-order valence-electron chi connectivity index (χ2n) is 3.91. The van der Waals surface area contributed by atoms with Crippen molar-refractivity contribution in [3.63, 3.8) is 0 Å². The molecule has 0 radical (unpaired) electrons. The number of carboxylic acid groups (broad SMARTS) is 4. The van der Waals surface area contributed by atoms with Crippen LogP contribution in [0.2, 0.25) is 0 Å². The fraction of sp³-hybridized carbons (Fsp3) is 0.600. The molecule has 0 saturated heterocycles. The van der Waals surface area contributed by atoms with E-state index < -0.39 is 50.1 Å². The largest absolute Gasteiger partial charge is 1.00 e. The number of nitrogens with zero attached hydrogens (tertiary/aromatic N) is 2. The van der Waals surface area contributed by atoms with Crippen LogP contribution >= 0.6 is 0 Å². The van der Waals surface area contributed by atoms with Crippen molar-refractivity contribution in [2.24, 2.45) is 0 Å². The Hall–Kier alpha value is 4.80. The fourth-order valence-corrected chi connectivity index (χ4v) is 1.44. The van der Waals surface area contributed by atoms with Crippen molar-refractivity contribution < 1.29 is 247 Å². The van der Waals surface area contributed by atoms with Crippen molar-refractivity contribution in [3.05, 3.63) is 0 Å². The van der Waals surface area contributed by atoms with E-state index in [0.29, 0.717) is 0 Å². The van der Waals surface area contributed by atoms with Crippen LogP contribution in [0.3, 0.4) is 0 Å².